The predicted octanol–water partition coefficient (Wildman–Crippen LogP) is 3.61. The topological polar surface area (TPSA) is 41.0 Å². The van der Waals surface area contributed by atoms with E-state index < -0.39 is 0 Å². The van der Waals surface area contributed by atoms with Gasteiger partial charge in [0.1, 0.15) is 0 Å². The molecule has 0 unspecified atom stereocenters. The van der Waals surface area contributed by atoms with Crippen LogP contribution in [0.2, 0.25) is 0 Å². The highest BCUT2D eigenvalue weighted by atomic mass is 16.8. The lowest BCUT2D eigenvalue weighted by Crippen LogP contribution is -2.52. The summed E-state index contributed by atoms with van der Waals surface area (Å²) in [5.74, 6) is 1.51. The van der Waals surface area contributed by atoms with Crippen molar-refractivity contribution in [3.05, 3.63) is 83.7 Å². The molecule has 4 rings (SSSR count). The quantitative estimate of drug-likeness (QED) is 0.848. The monoisotopic (exact) mass is 318 g/mol. The number of pyridine rings is 1. The number of amidine groups is 1. The molecule has 0 fully saturated rings. The van der Waals surface area contributed by atoms with Gasteiger partial charge in [-0.1, -0.05) is 42.5 Å². The first-order valence-electron chi connectivity index (χ1n) is 7.90. The van der Waals surface area contributed by atoms with Crippen molar-refractivity contribution in [2.24, 2.45) is 5.16 Å². The number of anilines is 1. The first-order valence-corrected chi connectivity index (χ1v) is 7.90. The van der Waals surface area contributed by atoms with Crippen LogP contribution in [0.25, 0.3) is 0 Å². The van der Waals surface area contributed by atoms with Crippen LogP contribution in [0.1, 0.15) is 18.1 Å². The van der Waals surface area contributed by atoms with E-state index in [4.69, 9.17) is 4.94 Å². The fourth-order valence-corrected chi connectivity index (χ4v) is 2.78. The fraction of sp³-hybridized carbons (Fsp3) is 0.158. The van der Waals surface area contributed by atoms with Gasteiger partial charge in [0.05, 0.1) is 0 Å². The molecule has 0 bridgehead atoms. The Labute approximate surface area is 141 Å². The van der Waals surface area contributed by atoms with Crippen molar-refractivity contribution in [1.29, 1.82) is 0 Å². The molecule has 1 aromatic carbocycles. The van der Waals surface area contributed by atoms with Crippen molar-refractivity contribution >= 4 is 11.7 Å². The zero-order valence-electron chi connectivity index (χ0n) is 13.6. The number of fused-ring (bicyclic) bond motifs is 1. The highest BCUT2D eigenvalue weighted by Gasteiger charge is 2.34. The summed E-state index contributed by atoms with van der Waals surface area (Å²) < 4.78 is 0. The number of hydrogen-bond acceptors (Lipinski definition) is 5. The van der Waals surface area contributed by atoms with Gasteiger partial charge >= 0.3 is 0 Å². The lowest BCUT2D eigenvalue weighted by molar-refractivity contribution is 0.0557. The molecule has 2 aromatic rings. The lowest BCUT2D eigenvalue weighted by atomic mass is 10.1. The van der Waals surface area contributed by atoms with Crippen LogP contribution < -0.4 is 5.06 Å². The molecule has 0 aliphatic carbocycles. The second-order valence-corrected chi connectivity index (χ2v) is 5.94. The van der Waals surface area contributed by atoms with Crippen LogP contribution in [0.4, 0.5) is 5.82 Å². The van der Waals surface area contributed by atoms with Crippen LogP contribution in [0, 0.1) is 6.92 Å². The average molecular weight is 318 g/mol. The highest BCUT2D eigenvalue weighted by molar-refractivity contribution is 6.00. The maximum atomic E-state index is 5.71. The molecule has 5 nitrogen and oxygen atoms in total. The van der Waals surface area contributed by atoms with Gasteiger partial charge < -0.3 is 4.90 Å². The van der Waals surface area contributed by atoms with Crippen LogP contribution in [0.15, 0.2) is 77.7 Å². The standard InChI is InChI=1S/C19H18N4O/c1-14-8-10-17(20-12-14)23-18-11-9-15(2)13-22(18)19(21-24-23)16-6-4-3-5-7-16/h3-13,18H,1-2H3/t18-/m0/s1. The van der Waals surface area contributed by atoms with Gasteiger partial charge in [-0.05, 0) is 42.3 Å². The summed E-state index contributed by atoms with van der Waals surface area (Å²) in [7, 11) is 0. The summed E-state index contributed by atoms with van der Waals surface area (Å²) in [6, 6.07) is 14.0. The number of benzene rings is 1. The van der Waals surface area contributed by atoms with Gasteiger partial charge in [-0.2, -0.15) is 0 Å². The maximum Gasteiger partial charge on any atom is 0.184 e. The van der Waals surface area contributed by atoms with Gasteiger partial charge in [0.2, 0.25) is 0 Å². The Hall–Kier alpha value is -3.08. The van der Waals surface area contributed by atoms with Gasteiger partial charge in [-0.15, -0.1) is 5.06 Å². The van der Waals surface area contributed by atoms with Crippen LogP contribution >= 0.6 is 0 Å². The Bertz CT molecular complexity index is 824. The number of oxime groups is 1. The summed E-state index contributed by atoms with van der Waals surface area (Å²) in [4.78, 5) is 12.3. The number of aryl methyl sites for hydroxylation is 1. The number of allylic oxidation sites excluding steroid dienone is 2. The third-order valence-corrected chi connectivity index (χ3v) is 4.01. The Morgan fingerprint density at radius 2 is 1.88 bits per heavy atom. The summed E-state index contributed by atoms with van der Waals surface area (Å²) >= 11 is 0. The Balaban J connectivity index is 1.75. The molecule has 3 heterocycles. The molecule has 2 aliphatic rings. The summed E-state index contributed by atoms with van der Waals surface area (Å²) in [5.41, 5.74) is 3.28. The molecule has 0 N–H and O–H groups in total. The minimum absolute atomic E-state index is 0.128. The maximum absolute atomic E-state index is 5.71. The minimum atomic E-state index is -0.128. The van der Waals surface area contributed by atoms with Gasteiger partial charge in [0, 0.05) is 18.0 Å². The summed E-state index contributed by atoms with van der Waals surface area (Å²) in [5, 5.41) is 6.06. The minimum Gasteiger partial charge on any atom is -0.302 e. The van der Waals surface area contributed by atoms with Crippen molar-refractivity contribution in [2.45, 2.75) is 20.0 Å². The van der Waals surface area contributed by atoms with E-state index in [0.29, 0.717) is 0 Å². The zero-order valence-corrected chi connectivity index (χ0v) is 13.6. The van der Waals surface area contributed by atoms with E-state index >= 15 is 0 Å². The number of rotatable bonds is 2. The van der Waals surface area contributed by atoms with Gasteiger partial charge in [-0.3, -0.25) is 4.94 Å². The second-order valence-electron chi connectivity index (χ2n) is 5.94. The Kier molecular flexibility index (Phi) is 3.54. The molecular weight excluding hydrogens is 300 g/mol. The normalized spacial score (nSPS) is 19.3. The van der Waals surface area contributed by atoms with E-state index in [1.54, 1.807) is 5.06 Å². The summed E-state index contributed by atoms with van der Waals surface area (Å²) in [6.07, 6.45) is 7.96. The molecular formula is C19H18N4O. The first kappa shape index (κ1) is 14.5. The SMILES string of the molecule is CC1=CN2C(c3ccccc3)=NON(c3ccc(C)cn3)[C@H]2C=C1. The van der Waals surface area contributed by atoms with E-state index in [-0.39, 0.29) is 6.17 Å². The Morgan fingerprint density at radius 3 is 2.62 bits per heavy atom. The van der Waals surface area contributed by atoms with Crippen molar-refractivity contribution < 1.29 is 4.94 Å². The molecule has 0 amide bonds. The largest absolute Gasteiger partial charge is 0.302 e. The third kappa shape index (κ3) is 2.54. The molecule has 24 heavy (non-hydrogen) atoms. The molecule has 0 radical (unpaired) electrons. The molecule has 0 saturated carbocycles. The van der Waals surface area contributed by atoms with Crippen molar-refractivity contribution in [3.8, 4) is 0 Å². The second kappa shape index (κ2) is 5.85. The van der Waals surface area contributed by atoms with Crippen LogP contribution in [0.5, 0.6) is 0 Å². The van der Waals surface area contributed by atoms with Crippen LogP contribution in [0.3, 0.4) is 0 Å². The van der Waals surface area contributed by atoms with E-state index in [9.17, 15) is 0 Å². The van der Waals surface area contributed by atoms with Crippen LogP contribution in [-0.2, 0) is 4.94 Å². The zero-order chi connectivity index (χ0) is 16.5. The summed E-state index contributed by atoms with van der Waals surface area (Å²) in [6.45, 7) is 4.08. The van der Waals surface area contributed by atoms with E-state index in [0.717, 1.165) is 28.4 Å². The molecule has 1 aromatic heterocycles. The molecule has 5 heteroatoms. The molecule has 0 spiro atoms. The van der Waals surface area contributed by atoms with Gasteiger partial charge in [0.15, 0.2) is 17.8 Å². The first-order chi connectivity index (χ1) is 11.7. The number of hydrogen-bond donors (Lipinski definition) is 0. The Morgan fingerprint density at radius 1 is 1.04 bits per heavy atom. The molecule has 120 valence electrons. The number of nitrogens with zero attached hydrogens (tertiary/aromatic N) is 4. The average Bonchev–Trinajstić information content (AvgIpc) is 2.62. The van der Waals surface area contributed by atoms with Gasteiger partial charge in [-0.25, -0.2) is 4.98 Å². The number of hydroxylamine groups is 1. The van der Waals surface area contributed by atoms with Gasteiger partial charge in [0.25, 0.3) is 0 Å². The van der Waals surface area contributed by atoms with Crippen molar-refractivity contribution in [3.63, 3.8) is 0 Å². The van der Waals surface area contributed by atoms with E-state index in [1.807, 2.05) is 55.6 Å². The molecule has 2 aliphatic heterocycles. The third-order valence-electron chi connectivity index (χ3n) is 4.01. The molecule has 1 atom stereocenters. The van der Waals surface area contributed by atoms with Crippen molar-refractivity contribution in [1.82, 2.24) is 9.88 Å². The van der Waals surface area contributed by atoms with Crippen molar-refractivity contribution in [2.75, 3.05) is 5.06 Å². The van der Waals surface area contributed by atoms with E-state index in [2.05, 4.69) is 40.3 Å². The smallest absolute Gasteiger partial charge is 0.184 e. The van der Waals surface area contributed by atoms with Crippen LogP contribution in [-0.4, -0.2) is 21.9 Å². The predicted molar refractivity (Wildman–Crippen MR) is 94.0 cm³/mol. The highest BCUT2D eigenvalue weighted by Crippen LogP contribution is 2.28. The lowest BCUT2D eigenvalue weighted by Gasteiger charge is -2.40. The van der Waals surface area contributed by atoms with E-state index in [1.165, 1.54) is 0 Å². The number of aromatic nitrogens is 1. The fourth-order valence-electron chi connectivity index (χ4n) is 2.78. The molecule has 0 saturated heterocycles.